The van der Waals surface area contributed by atoms with E-state index in [1.165, 1.54) is 13.0 Å². The molecular weight excluding hydrogens is 317 g/mol. The summed E-state index contributed by atoms with van der Waals surface area (Å²) in [4.78, 5) is 13.5. The summed E-state index contributed by atoms with van der Waals surface area (Å²) in [5.41, 5.74) is 0.231. The van der Waals surface area contributed by atoms with Crippen LogP contribution in [-0.4, -0.2) is 31.8 Å². The van der Waals surface area contributed by atoms with Crippen LogP contribution in [0.25, 0.3) is 0 Å². The monoisotopic (exact) mass is 333 g/mol. The Kier molecular flexibility index (Phi) is 4.31. The highest BCUT2D eigenvalue weighted by Gasteiger charge is 2.31. The molecule has 1 fully saturated rings. The van der Waals surface area contributed by atoms with Crippen molar-refractivity contribution in [3.63, 3.8) is 0 Å². The minimum Gasteiger partial charge on any atom is -0.336 e. The van der Waals surface area contributed by atoms with Gasteiger partial charge in [-0.2, -0.15) is 0 Å². The van der Waals surface area contributed by atoms with Crippen LogP contribution in [0, 0.1) is 18.7 Å². The number of benzene rings is 1. The molecule has 1 amide bonds. The Morgan fingerprint density at radius 3 is 2.48 bits per heavy atom. The van der Waals surface area contributed by atoms with Crippen molar-refractivity contribution in [2.45, 2.75) is 38.1 Å². The lowest BCUT2D eigenvalue weighted by Gasteiger charge is -2.22. The molecule has 7 heteroatoms. The maximum Gasteiger partial charge on any atom is 0.264 e. The predicted octanol–water partition coefficient (Wildman–Crippen LogP) is 2.93. The standard InChI is InChI=1S/C14H17ClFNO3S/c1-8-4-10(3)17(7-8)14(18)11-5-9(2)13(16)12(6-11)21(15,19)20/h5-6,8,10H,4,7H2,1-3H3. The molecule has 0 bridgehead atoms. The van der Waals surface area contributed by atoms with Crippen LogP contribution in [-0.2, 0) is 9.05 Å². The maximum atomic E-state index is 13.9. The van der Waals surface area contributed by atoms with Crippen molar-refractivity contribution in [3.05, 3.63) is 29.1 Å². The molecule has 0 aliphatic carbocycles. The average Bonchev–Trinajstić information content (AvgIpc) is 2.69. The molecule has 4 nitrogen and oxygen atoms in total. The van der Waals surface area contributed by atoms with Crippen molar-refractivity contribution in [2.75, 3.05) is 6.54 Å². The molecule has 0 aromatic heterocycles. The van der Waals surface area contributed by atoms with Crippen LogP contribution in [0.5, 0.6) is 0 Å². The summed E-state index contributed by atoms with van der Waals surface area (Å²) in [5, 5.41) is 0. The molecule has 0 spiro atoms. The third kappa shape index (κ3) is 3.21. The fourth-order valence-corrected chi connectivity index (χ4v) is 3.77. The fourth-order valence-electron chi connectivity index (χ4n) is 2.79. The zero-order chi connectivity index (χ0) is 15.9. The second kappa shape index (κ2) is 5.57. The lowest BCUT2D eigenvalue weighted by molar-refractivity contribution is 0.0743. The predicted molar refractivity (Wildman–Crippen MR) is 78.5 cm³/mol. The van der Waals surface area contributed by atoms with Crippen LogP contribution in [0.3, 0.4) is 0 Å². The Morgan fingerprint density at radius 2 is 2.00 bits per heavy atom. The number of hydrogen-bond acceptors (Lipinski definition) is 3. The van der Waals surface area contributed by atoms with Crippen LogP contribution in [0.4, 0.5) is 4.39 Å². The molecule has 1 saturated heterocycles. The Morgan fingerprint density at radius 1 is 1.38 bits per heavy atom. The largest absolute Gasteiger partial charge is 0.336 e. The Labute approximate surface area is 128 Å². The van der Waals surface area contributed by atoms with Gasteiger partial charge in [0, 0.05) is 28.8 Å². The van der Waals surface area contributed by atoms with E-state index in [0.717, 1.165) is 12.5 Å². The van der Waals surface area contributed by atoms with E-state index in [9.17, 15) is 17.6 Å². The van der Waals surface area contributed by atoms with Crippen molar-refractivity contribution in [1.29, 1.82) is 0 Å². The average molecular weight is 334 g/mol. The highest BCUT2D eigenvalue weighted by Crippen LogP contribution is 2.28. The number of amides is 1. The molecule has 116 valence electrons. The van der Waals surface area contributed by atoms with Gasteiger partial charge in [0.2, 0.25) is 0 Å². The first kappa shape index (κ1) is 16.2. The Hall–Kier alpha value is -1.14. The van der Waals surface area contributed by atoms with Crippen LogP contribution in [0.2, 0.25) is 0 Å². The molecule has 0 radical (unpaired) electrons. The zero-order valence-corrected chi connectivity index (χ0v) is 13.6. The summed E-state index contributed by atoms with van der Waals surface area (Å²) >= 11 is 0. The van der Waals surface area contributed by atoms with Crippen molar-refractivity contribution in [1.82, 2.24) is 4.90 Å². The molecule has 1 aliphatic heterocycles. The number of carbonyl (C=O) groups excluding carboxylic acids is 1. The fraction of sp³-hybridized carbons (Fsp3) is 0.500. The van der Waals surface area contributed by atoms with Crippen molar-refractivity contribution in [3.8, 4) is 0 Å². The van der Waals surface area contributed by atoms with Gasteiger partial charge in [-0.15, -0.1) is 0 Å². The molecule has 2 rings (SSSR count). The van der Waals surface area contributed by atoms with Gasteiger partial charge in [-0.25, -0.2) is 12.8 Å². The number of hydrogen-bond donors (Lipinski definition) is 0. The Bertz CT molecular complexity index is 690. The second-order valence-corrected chi connectivity index (χ2v) is 8.22. The molecule has 0 saturated carbocycles. The van der Waals surface area contributed by atoms with Gasteiger partial charge in [-0.1, -0.05) is 6.92 Å². The van der Waals surface area contributed by atoms with Gasteiger partial charge in [-0.3, -0.25) is 4.79 Å². The molecule has 2 unspecified atom stereocenters. The summed E-state index contributed by atoms with van der Waals surface area (Å²) in [6, 6.07) is 2.45. The van der Waals surface area contributed by atoms with Crippen LogP contribution < -0.4 is 0 Å². The molecule has 0 N–H and O–H groups in total. The summed E-state index contributed by atoms with van der Waals surface area (Å²) in [6.07, 6.45) is 0.895. The lowest BCUT2D eigenvalue weighted by Crippen LogP contribution is -2.34. The van der Waals surface area contributed by atoms with Gasteiger partial charge in [0.1, 0.15) is 10.7 Å². The summed E-state index contributed by atoms with van der Waals surface area (Å²) in [5.74, 6) is -0.817. The number of rotatable bonds is 2. The lowest BCUT2D eigenvalue weighted by atomic mass is 10.1. The minimum absolute atomic E-state index is 0.0777. The maximum absolute atomic E-state index is 13.9. The van der Waals surface area contributed by atoms with Crippen molar-refractivity contribution < 1.29 is 17.6 Å². The van der Waals surface area contributed by atoms with Gasteiger partial charge < -0.3 is 4.90 Å². The van der Waals surface area contributed by atoms with Gasteiger partial charge in [0.25, 0.3) is 15.0 Å². The van der Waals surface area contributed by atoms with Gasteiger partial charge in [0.15, 0.2) is 0 Å². The number of halogens is 2. The number of aryl methyl sites for hydroxylation is 1. The van der Waals surface area contributed by atoms with Gasteiger partial charge in [-0.05, 0) is 43.9 Å². The van der Waals surface area contributed by atoms with Crippen molar-refractivity contribution in [2.24, 2.45) is 5.92 Å². The van der Waals surface area contributed by atoms with Crippen LogP contribution in [0.15, 0.2) is 17.0 Å². The third-order valence-corrected chi connectivity index (χ3v) is 5.10. The van der Waals surface area contributed by atoms with E-state index in [1.54, 1.807) is 4.90 Å². The molecule has 1 aliphatic rings. The minimum atomic E-state index is -4.23. The van der Waals surface area contributed by atoms with Crippen molar-refractivity contribution >= 4 is 25.6 Å². The normalized spacial score (nSPS) is 22.6. The van der Waals surface area contributed by atoms with Crippen LogP contribution >= 0.6 is 10.7 Å². The molecule has 1 aromatic carbocycles. The zero-order valence-electron chi connectivity index (χ0n) is 12.1. The molecule has 1 aromatic rings. The first-order valence-electron chi connectivity index (χ1n) is 6.67. The molecule has 1 heterocycles. The number of likely N-dealkylation sites (tertiary alicyclic amines) is 1. The molecular formula is C14H17ClFNO3S. The van der Waals surface area contributed by atoms with E-state index in [2.05, 4.69) is 0 Å². The van der Waals surface area contributed by atoms with E-state index in [-0.39, 0.29) is 23.1 Å². The van der Waals surface area contributed by atoms with Gasteiger partial charge in [0.05, 0.1) is 0 Å². The van der Waals surface area contributed by atoms with Crippen LogP contribution in [0.1, 0.15) is 36.2 Å². The third-order valence-electron chi connectivity index (χ3n) is 3.78. The first-order chi connectivity index (χ1) is 9.61. The smallest absolute Gasteiger partial charge is 0.264 e. The highest BCUT2D eigenvalue weighted by atomic mass is 35.7. The molecule has 21 heavy (non-hydrogen) atoms. The quantitative estimate of drug-likeness (QED) is 0.782. The van der Waals surface area contributed by atoms with E-state index < -0.39 is 19.8 Å². The number of nitrogens with zero attached hydrogens (tertiary/aromatic N) is 1. The molecule has 2 atom stereocenters. The van der Waals surface area contributed by atoms with E-state index in [0.29, 0.717) is 12.5 Å². The van der Waals surface area contributed by atoms with Gasteiger partial charge >= 0.3 is 0 Å². The topological polar surface area (TPSA) is 54.5 Å². The van der Waals surface area contributed by atoms with E-state index in [4.69, 9.17) is 10.7 Å². The van der Waals surface area contributed by atoms with E-state index >= 15 is 0 Å². The first-order valence-corrected chi connectivity index (χ1v) is 8.98. The second-order valence-electron chi connectivity index (χ2n) is 5.69. The SMILES string of the molecule is Cc1cc(C(=O)N2CC(C)CC2C)cc(S(=O)(=O)Cl)c1F. The Balaban J connectivity index is 2.46. The summed E-state index contributed by atoms with van der Waals surface area (Å²) < 4.78 is 36.7. The number of carbonyl (C=O) groups is 1. The summed E-state index contributed by atoms with van der Waals surface area (Å²) in [7, 11) is 0.998. The highest BCUT2D eigenvalue weighted by molar-refractivity contribution is 8.13. The summed E-state index contributed by atoms with van der Waals surface area (Å²) in [6.45, 7) is 6.01. The van der Waals surface area contributed by atoms with E-state index in [1.807, 2.05) is 13.8 Å².